The lowest BCUT2D eigenvalue weighted by molar-refractivity contribution is 0.597. The Morgan fingerprint density at radius 3 is 2.71 bits per heavy atom. The number of aromatic nitrogens is 3. The van der Waals surface area contributed by atoms with E-state index in [1.54, 1.807) is 40.2 Å². The van der Waals surface area contributed by atoms with Crippen LogP contribution < -0.4 is 10.9 Å². The minimum atomic E-state index is -0.184. The summed E-state index contributed by atoms with van der Waals surface area (Å²) in [5.74, 6) is 0.982. The Balaban J connectivity index is 1.82. The van der Waals surface area contributed by atoms with E-state index < -0.39 is 0 Å². The van der Waals surface area contributed by atoms with Gasteiger partial charge >= 0.3 is 0 Å². The fraction of sp³-hybridized carbons (Fsp3) is 0.188. The summed E-state index contributed by atoms with van der Waals surface area (Å²) in [6.45, 7) is 2.46. The Hall–Kier alpha value is -1.83. The van der Waals surface area contributed by atoms with Crippen LogP contribution in [0.5, 0.6) is 0 Å². The van der Waals surface area contributed by atoms with Crippen molar-refractivity contribution >= 4 is 46.2 Å². The third kappa shape index (κ3) is 3.98. The summed E-state index contributed by atoms with van der Waals surface area (Å²) >= 11 is 9.07. The minimum absolute atomic E-state index is 0.184. The zero-order valence-corrected chi connectivity index (χ0v) is 15.3. The summed E-state index contributed by atoms with van der Waals surface area (Å²) in [5, 5.41) is 14.6. The Morgan fingerprint density at radius 1 is 1.25 bits per heavy atom. The van der Waals surface area contributed by atoms with Crippen LogP contribution in [-0.4, -0.2) is 14.8 Å². The molecule has 1 aromatic carbocycles. The quantitative estimate of drug-likeness (QED) is 0.644. The monoisotopic (exact) mass is 378 g/mol. The number of halogens is 1. The van der Waals surface area contributed by atoms with E-state index in [9.17, 15) is 4.79 Å². The van der Waals surface area contributed by atoms with Crippen LogP contribution in [0, 0.1) is 0 Å². The smallest absolute Gasteiger partial charge is 0.297 e. The molecule has 1 N–H and O–H groups in total. The van der Waals surface area contributed by atoms with Gasteiger partial charge in [-0.2, -0.15) is 0 Å². The molecule has 3 rings (SSSR count). The van der Waals surface area contributed by atoms with Gasteiger partial charge in [-0.25, -0.2) is 0 Å². The van der Waals surface area contributed by atoms with E-state index in [2.05, 4.69) is 21.6 Å². The summed E-state index contributed by atoms with van der Waals surface area (Å²) < 4.78 is 1.63. The maximum atomic E-state index is 12.6. The van der Waals surface area contributed by atoms with Crippen molar-refractivity contribution in [2.45, 2.75) is 24.4 Å². The molecule has 0 saturated heterocycles. The molecular weight excluding hydrogens is 364 g/mol. The van der Waals surface area contributed by atoms with Gasteiger partial charge in [0.2, 0.25) is 5.82 Å². The molecule has 0 aliphatic carbocycles. The summed E-state index contributed by atoms with van der Waals surface area (Å²) in [6.07, 6.45) is 0. The molecule has 0 spiro atoms. The summed E-state index contributed by atoms with van der Waals surface area (Å²) in [6, 6.07) is 11.2. The van der Waals surface area contributed by atoms with Crippen molar-refractivity contribution in [1.82, 2.24) is 14.8 Å². The first-order chi connectivity index (χ1) is 11.7. The van der Waals surface area contributed by atoms with Gasteiger partial charge in [-0.3, -0.25) is 9.36 Å². The molecule has 2 aromatic heterocycles. The number of nitrogens with one attached hydrogen (secondary N) is 1. The Morgan fingerprint density at radius 2 is 2.04 bits per heavy atom. The van der Waals surface area contributed by atoms with E-state index in [1.807, 2.05) is 18.4 Å². The lowest BCUT2D eigenvalue weighted by atomic mass is 10.3. The highest BCUT2D eigenvalue weighted by Gasteiger charge is 2.12. The van der Waals surface area contributed by atoms with Gasteiger partial charge in [0, 0.05) is 27.9 Å². The molecule has 0 saturated carbocycles. The highest BCUT2D eigenvalue weighted by molar-refractivity contribution is 7.98. The molecule has 0 radical (unpaired) electrons. The van der Waals surface area contributed by atoms with Gasteiger partial charge in [0.25, 0.3) is 5.56 Å². The van der Waals surface area contributed by atoms with Crippen molar-refractivity contribution in [2.75, 3.05) is 5.32 Å². The minimum Gasteiger partial charge on any atom is -0.334 e. The molecule has 0 unspecified atom stereocenters. The van der Waals surface area contributed by atoms with Crippen LogP contribution in [0.4, 0.5) is 11.5 Å². The number of thiophene rings is 1. The van der Waals surface area contributed by atoms with Crippen LogP contribution in [0.15, 0.2) is 51.7 Å². The Labute approximate surface area is 152 Å². The molecule has 0 amide bonds. The van der Waals surface area contributed by atoms with Crippen LogP contribution >= 0.6 is 34.7 Å². The van der Waals surface area contributed by atoms with Crippen molar-refractivity contribution in [2.24, 2.45) is 0 Å². The molecule has 0 fully saturated rings. The molecule has 2 heterocycles. The SMILES string of the molecule is CCn1c(SCc2cccs2)nnc(Nc2ccc(Cl)cc2)c1=O. The zero-order chi connectivity index (χ0) is 16.9. The average molecular weight is 379 g/mol. The van der Waals surface area contributed by atoms with Crippen molar-refractivity contribution in [3.8, 4) is 0 Å². The summed E-state index contributed by atoms with van der Waals surface area (Å²) in [4.78, 5) is 13.9. The number of thioether (sulfide) groups is 1. The van der Waals surface area contributed by atoms with Crippen molar-refractivity contribution in [1.29, 1.82) is 0 Å². The van der Waals surface area contributed by atoms with E-state index in [4.69, 9.17) is 11.6 Å². The molecule has 0 aliphatic rings. The van der Waals surface area contributed by atoms with E-state index in [-0.39, 0.29) is 11.4 Å². The fourth-order valence-electron chi connectivity index (χ4n) is 2.07. The zero-order valence-electron chi connectivity index (χ0n) is 12.9. The van der Waals surface area contributed by atoms with Gasteiger partial charge in [-0.15, -0.1) is 21.5 Å². The van der Waals surface area contributed by atoms with Crippen molar-refractivity contribution in [3.63, 3.8) is 0 Å². The van der Waals surface area contributed by atoms with Crippen LogP contribution in [0.2, 0.25) is 5.02 Å². The van der Waals surface area contributed by atoms with Crippen LogP contribution in [-0.2, 0) is 12.3 Å². The second kappa shape index (κ2) is 7.83. The van der Waals surface area contributed by atoms with Crippen molar-refractivity contribution < 1.29 is 0 Å². The van der Waals surface area contributed by atoms with Gasteiger partial charge in [-0.1, -0.05) is 29.4 Å². The number of anilines is 2. The topological polar surface area (TPSA) is 59.8 Å². The highest BCUT2D eigenvalue weighted by atomic mass is 35.5. The predicted molar refractivity (Wildman–Crippen MR) is 101 cm³/mol. The molecule has 0 aliphatic heterocycles. The first-order valence-corrected chi connectivity index (χ1v) is 9.57. The fourth-order valence-corrected chi connectivity index (χ4v) is 3.97. The van der Waals surface area contributed by atoms with Gasteiger partial charge in [0.05, 0.1) is 0 Å². The number of rotatable bonds is 6. The van der Waals surface area contributed by atoms with E-state index in [0.29, 0.717) is 16.7 Å². The highest BCUT2D eigenvalue weighted by Crippen LogP contribution is 2.23. The first kappa shape index (κ1) is 17.0. The molecule has 3 aromatic rings. The summed E-state index contributed by atoms with van der Waals surface area (Å²) in [5.41, 5.74) is 0.559. The number of hydrogen-bond donors (Lipinski definition) is 1. The summed E-state index contributed by atoms with van der Waals surface area (Å²) in [7, 11) is 0. The van der Waals surface area contributed by atoms with Gasteiger partial charge in [0.1, 0.15) is 0 Å². The lowest BCUT2D eigenvalue weighted by Crippen LogP contribution is -2.26. The van der Waals surface area contributed by atoms with Gasteiger partial charge < -0.3 is 5.32 Å². The second-order valence-corrected chi connectivity index (χ2v) is 7.29. The lowest BCUT2D eigenvalue weighted by Gasteiger charge is -2.11. The third-order valence-corrected chi connectivity index (χ3v) is 5.59. The first-order valence-electron chi connectivity index (χ1n) is 7.32. The Bertz CT molecular complexity index is 863. The van der Waals surface area contributed by atoms with Crippen molar-refractivity contribution in [3.05, 3.63) is 62.0 Å². The van der Waals surface area contributed by atoms with E-state index >= 15 is 0 Å². The number of nitrogens with zero attached hydrogens (tertiary/aromatic N) is 3. The predicted octanol–water partition coefficient (Wildman–Crippen LogP) is 4.41. The normalized spacial score (nSPS) is 10.8. The molecule has 0 bridgehead atoms. The molecule has 5 nitrogen and oxygen atoms in total. The van der Waals surface area contributed by atoms with Crippen LogP contribution in [0.3, 0.4) is 0 Å². The largest absolute Gasteiger partial charge is 0.334 e. The molecule has 124 valence electrons. The maximum Gasteiger partial charge on any atom is 0.297 e. The average Bonchev–Trinajstić information content (AvgIpc) is 3.10. The maximum absolute atomic E-state index is 12.6. The Kier molecular flexibility index (Phi) is 5.55. The third-order valence-electron chi connectivity index (χ3n) is 3.26. The van der Waals surface area contributed by atoms with Gasteiger partial charge in [0.15, 0.2) is 5.16 Å². The van der Waals surface area contributed by atoms with E-state index in [1.165, 1.54) is 16.6 Å². The second-order valence-electron chi connectivity index (χ2n) is 4.88. The van der Waals surface area contributed by atoms with Gasteiger partial charge in [-0.05, 0) is 42.6 Å². The van der Waals surface area contributed by atoms with Crippen LogP contribution in [0.1, 0.15) is 11.8 Å². The standard InChI is InChI=1S/C16H15ClN4OS2/c1-2-21-15(22)14(18-12-7-5-11(17)6-8-12)19-20-16(21)24-10-13-4-3-9-23-13/h3-9H,2,10H2,1H3,(H,18,19). The van der Waals surface area contributed by atoms with Crippen LogP contribution in [0.25, 0.3) is 0 Å². The molecule has 0 atom stereocenters. The molecule has 24 heavy (non-hydrogen) atoms. The molecular formula is C16H15ClN4OS2. The number of benzene rings is 1. The van der Waals surface area contributed by atoms with E-state index in [0.717, 1.165) is 11.4 Å². The number of hydrogen-bond acceptors (Lipinski definition) is 6. The molecule has 8 heteroatoms.